The van der Waals surface area contributed by atoms with E-state index in [4.69, 9.17) is 5.73 Å². The van der Waals surface area contributed by atoms with Crippen LogP contribution in [0.2, 0.25) is 0 Å². The molecule has 3 heteroatoms. The topological polar surface area (TPSA) is 32.5 Å². The van der Waals surface area contributed by atoms with Gasteiger partial charge >= 0.3 is 0 Å². The predicted molar refractivity (Wildman–Crippen MR) is 76.2 cm³/mol. The summed E-state index contributed by atoms with van der Waals surface area (Å²) in [5.74, 6) is 0.748. The Bertz CT molecular complexity index is 389. The summed E-state index contributed by atoms with van der Waals surface area (Å²) in [4.78, 5) is 4.89. The summed E-state index contributed by atoms with van der Waals surface area (Å²) >= 11 is 0. The lowest BCUT2D eigenvalue weighted by Crippen LogP contribution is -2.34. The predicted octanol–water partition coefficient (Wildman–Crippen LogP) is 1.53. The zero-order valence-corrected chi connectivity index (χ0v) is 11.8. The van der Waals surface area contributed by atoms with E-state index in [1.54, 1.807) is 0 Å². The fourth-order valence-electron chi connectivity index (χ4n) is 2.96. The molecule has 0 bridgehead atoms. The highest BCUT2D eigenvalue weighted by Gasteiger charge is 2.30. The molecule has 0 spiro atoms. The Morgan fingerprint density at radius 2 is 2.00 bits per heavy atom. The second-order valence-corrected chi connectivity index (χ2v) is 5.73. The Labute approximate surface area is 111 Å². The zero-order valence-electron chi connectivity index (χ0n) is 11.8. The van der Waals surface area contributed by atoms with Crippen molar-refractivity contribution in [3.05, 3.63) is 35.4 Å². The van der Waals surface area contributed by atoms with Crippen molar-refractivity contribution < 1.29 is 0 Å². The third-order valence-electron chi connectivity index (χ3n) is 3.94. The minimum absolute atomic E-state index is 0.630. The van der Waals surface area contributed by atoms with Gasteiger partial charge in [0, 0.05) is 32.2 Å². The van der Waals surface area contributed by atoms with E-state index >= 15 is 0 Å². The van der Waals surface area contributed by atoms with Gasteiger partial charge in [-0.3, -0.25) is 4.90 Å². The second-order valence-electron chi connectivity index (χ2n) is 5.73. The van der Waals surface area contributed by atoms with E-state index < -0.39 is 0 Å². The maximum Gasteiger partial charge on any atom is 0.0254 e. The first kappa shape index (κ1) is 13.5. The molecule has 1 saturated heterocycles. The minimum atomic E-state index is 0.630. The lowest BCUT2D eigenvalue weighted by Gasteiger charge is -2.22. The van der Waals surface area contributed by atoms with Gasteiger partial charge in [-0.1, -0.05) is 31.2 Å². The first-order valence-electron chi connectivity index (χ1n) is 6.77. The summed E-state index contributed by atoms with van der Waals surface area (Å²) in [7, 11) is 4.36. The fourth-order valence-corrected chi connectivity index (χ4v) is 2.96. The summed E-state index contributed by atoms with van der Waals surface area (Å²) in [5.41, 5.74) is 8.30. The number of likely N-dealkylation sites (tertiary alicyclic amines) is 1. The molecule has 0 amide bonds. The SMILES string of the molecule is CC1CN(Cc2cccc(CN)c2)CC1N(C)C. The molecule has 18 heavy (non-hydrogen) atoms. The molecule has 1 aliphatic heterocycles. The molecule has 0 radical (unpaired) electrons. The van der Waals surface area contributed by atoms with E-state index in [-0.39, 0.29) is 0 Å². The smallest absolute Gasteiger partial charge is 0.0254 e. The van der Waals surface area contributed by atoms with Crippen LogP contribution in [0.1, 0.15) is 18.1 Å². The van der Waals surface area contributed by atoms with Crippen molar-refractivity contribution in [2.75, 3.05) is 27.2 Å². The van der Waals surface area contributed by atoms with Gasteiger partial charge in [0.2, 0.25) is 0 Å². The Kier molecular flexibility index (Phi) is 4.38. The van der Waals surface area contributed by atoms with E-state index in [1.807, 2.05) is 0 Å². The van der Waals surface area contributed by atoms with Crippen LogP contribution in [0.4, 0.5) is 0 Å². The Balaban J connectivity index is 1.98. The second kappa shape index (κ2) is 5.83. The van der Waals surface area contributed by atoms with Crippen molar-refractivity contribution >= 4 is 0 Å². The summed E-state index contributed by atoms with van der Waals surface area (Å²) in [6.45, 7) is 6.38. The standard InChI is InChI=1S/C15H25N3/c1-12-9-18(11-15(12)17(2)3)10-14-6-4-5-13(7-14)8-16/h4-7,12,15H,8-11,16H2,1-3H3. The van der Waals surface area contributed by atoms with E-state index in [0.29, 0.717) is 12.6 Å². The highest BCUT2D eigenvalue weighted by atomic mass is 15.2. The number of nitrogens with two attached hydrogens (primary N) is 1. The van der Waals surface area contributed by atoms with Crippen molar-refractivity contribution in [2.24, 2.45) is 11.7 Å². The van der Waals surface area contributed by atoms with Gasteiger partial charge in [-0.15, -0.1) is 0 Å². The molecule has 3 nitrogen and oxygen atoms in total. The van der Waals surface area contributed by atoms with Crippen LogP contribution in [0.3, 0.4) is 0 Å². The van der Waals surface area contributed by atoms with E-state index in [0.717, 1.165) is 12.5 Å². The molecule has 100 valence electrons. The molecule has 2 rings (SSSR count). The van der Waals surface area contributed by atoms with Gasteiger partial charge in [0.25, 0.3) is 0 Å². The summed E-state index contributed by atoms with van der Waals surface area (Å²) in [6.07, 6.45) is 0. The Morgan fingerprint density at radius 3 is 2.61 bits per heavy atom. The van der Waals surface area contributed by atoms with Gasteiger partial charge in [-0.25, -0.2) is 0 Å². The zero-order chi connectivity index (χ0) is 13.1. The van der Waals surface area contributed by atoms with Crippen molar-refractivity contribution in [3.63, 3.8) is 0 Å². The first-order valence-corrected chi connectivity index (χ1v) is 6.77. The van der Waals surface area contributed by atoms with E-state index in [1.165, 1.54) is 24.2 Å². The van der Waals surface area contributed by atoms with E-state index in [2.05, 4.69) is 55.1 Å². The van der Waals surface area contributed by atoms with Gasteiger partial charge in [-0.05, 0) is 31.1 Å². The third-order valence-corrected chi connectivity index (χ3v) is 3.94. The van der Waals surface area contributed by atoms with Crippen LogP contribution >= 0.6 is 0 Å². The Hall–Kier alpha value is -0.900. The molecule has 1 aromatic rings. The number of likely N-dealkylation sites (N-methyl/N-ethyl adjacent to an activating group) is 1. The van der Waals surface area contributed by atoms with Crippen LogP contribution in [0.5, 0.6) is 0 Å². The molecule has 1 heterocycles. The monoisotopic (exact) mass is 247 g/mol. The highest BCUT2D eigenvalue weighted by molar-refractivity contribution is 5.23. The lowest BCUT2D eigenvalue weighted by atomic mass is 10.1. The molecule has 0 aromatic heterocycles. The van der Waals surface area contributed by atoms with Crippen LogP contribution in [-0.4, -0.2) is 43.0 Å². The summed E-state index contributed by atoms with van der Waals surface area (Å²) in [5, 5.41) is 0. The number of hydrogen-bond donors (Lipinski definition) is 1. The molecular weight excluding hydrogens is 222 g/mol. The maximum absolute atomic E-state index is 5.69. The van der Waals surface area contributed by atoms with E-state index in [9.17, 15) is 0 Å². The number of benzene rings is 1. The van der Waals surface area contributed by atoms with Crippen molar-refractivity contribution in [2.45, 2.75) is 26.1 Å². The lowest BCUT2D eigenvalue weighted by molar-refractivity contribution is 0.250. The van der Waals surface area contributed by atoms with Crippen LogP contribution in [0, 0.1) is 5.92 Å². The van der Waals surface area contributed by atoms with Gasteiger partial charge in [0.15, 0.2) is 0 Å². The number of nitrogens with zero attached hydrogens (tertiary/aromatic N) is 2. The van der Waals surface area contributed by atoms with Crippen LogP contribution in [-0.2, 0) is 13.1 Å². The van der Waals surface area contributed by atoms with Crippen LogP contribution in [0.25, 0.3) is 0 Å². The van der Waals surface area contributed by atoms with Crippen LogP contribution in [0.15, 0.2) is 24.3 Å². The molecule has 2 unspecified atom stereocenters. The van der Waals surface area contributed by atoms with Crippen LogP contribution < -0.4 is 5.73 Å². The number of rotatable bonds is 4. The summed E-state index contributed by atoms with van der Waals surface area (Å²) in [6, 6.07) is 9.32. The molecule has 1 aromatic carbocycles. The molecule has 2 atom stereocenters. The molecule has 1 aliphatic rings. The highest BCUT2D eigenvalue weighted by Crippen LogP contribution is 2.22. The molecule has 0 saturated carbocycles. The average Bonchev–Trinajstić information content (AvgIpc) is 2.70. The average molecular weight is 247 g/mol. The summed E-state index contributed by atoms with van der Waals surface area (Å²) < 4.78 is 0. The van der Waals surface area contributed by atoms with Gasteiger partial charge in [0.1, 0.15) is 0 Å². The maximum atomic E-state index is 5.69. The quantitative estimate of drug-likeness (QED) is 0.876. The van der Waals surface area contributed by atoms with Gasteiger partial charge in [0.05, 0.1) is 0 Å². The van der Waals surface area contributed by atoms with Gasteiger partial charge in [-0.2, -0.15) is 0 Å². The first-order chi connectivity index (χ1) is 8.60. The molecule has 2 N–H and O–H groups in total. The third kappa shape index (κ3) is 3.10. The van der Waals surface area contributed by atoms with Crippen molar-refractivity contribution in [1.29, 1.82) is 0 Å². The molecule has 0 aliphatic carbocycles. The van der Waals surface area contributed by atoms with Crippen molar-refractivity contribution in [1.82, 2.24) is 9.80 Å². The molecular formula is C15H25N3. The molecule has 1 fully saturated rings. The normalized spacial score (nSPS) is 24.9. The largest absolute Gasteiger partial charge is 0.326 e. The van der Waals surface area contributed by atoms with Crippen molar-refractivity contribution in [3.8, 4) is 0 Å². The minimum Gasteiger partial charge on any atom is -0.326 e. The van der Waals surface area contributed by atoms with Gasteiger partial charge < -0.3 is 10.6 Å². The fraction of sp³-hybridized carbons (Fsp3) is 0.600. The number of hydrogen-bond acceptors (Lipinski definition) is 3. The Morgan fingerprint density at radius 1 is 1.28 bits per heavy atom.